The van der Waals surface area contributed by atoms with Crippen molar-refractivity contribution in [1.82, 2.24) is 0 Å². The van der Waals surface area contributed by atoms with Gasteiger partial charge in [0.15, 0.2) is 5.79 Å². The molecule has 1 aliphatic heterocycles. The highest BCUT2D eigenvalue weighted by Gasteiger charge is 2.70. The Morgan fingerprint density at radius 2 is 1.69 bits per heavy atom. The molecule has 0 bridgehead atoms. The van der Waals surface area contributed by atoms with Gasteiger partial charge in [0.05, 0.1) is 32.0 Å². The number of rotatable bonds is 4. The number of methoxy groups -OCH3 is 1. The summed E-state index contributed by atoms with van der Waals surface area (Å²) >= 11 is 0. The Bertz CT molecular complexity index is 971. The summed E-state index contributed by atoms with van der Waals surface area (Å²) in [7, 11) is 1.68. The second-order valence-corrected chi connectivity index (χ2v) is 12.9. The van der Waals surface area contributed by atoms with E-state index < -0.39 is 5.79 Å². The molecule has 4 aliphatic carbocycles. The summed E-state index contributed by atoms with van der Waals surface area (Å²) in [6, 6.07) is 8.06. The Morgan fingerprint density at radius 1 is 0.943 bits per heavy atom. The Morgan fingerprint density at radius 3 is 2.43 bits per heavy atom. The molecular formula is C30H42O5. The van der Waals surface area contributed by atoms with Gasteiger partial charge in [-0.3, -0.25) is 4.79 Å². The van der Waals surface area contributed by atoms with Gasteiger partial charge in [0.1, 0.15) is 11.5 Å². The van der Waals surface area contributed by atoms with E-state index in [-0.39, 0.29) is 35.1 Å². The smallest absolute Gasteiger partial charge is 0.163 e. The van der Waals surface area contributed by atoms with Gasteiger partial charge in [-0.1, -0.05) is 38.8 Å². The van der Waals surface area contributed by atoms with Crippen molar-refractivity contribution in [3.8, 4) is 5.75 Å². The van der Waals surface area contributed by atoms with E-state index in [1.165, 1.54) is 25.7 Å². The molecular weight excluding hydrogens is 440 g/mol. The molecule has 6 rings (SSSR count). The number of fused-ring (bicyclic) bond motifs is 8. The van der Waals surface area contributed by atoms with Crippen molar-refractivity contribution in [1.29, 1.82) is 0 Å². The Balaban J connectivity index is 1.34. The fourth-order valence-electron chi connectivity index (χ4n) is 9.12. The molecule has 0 radical (unpaired) electrons. The molecule has 35 heavy (non-hydrogen) atoms. The second kappa shape index (κ2) is 8.29. The molecule has 0 aromatic heterocycles. The van der Waals surface area contributed by atoms with Gasteiger partial charge in [-0.15, -0.1) is 0 Å². The number of Topliss-reactive ketones (excluding diaryl/α,β-unsaturated/α-hetero) is 1. The van der Waals surface area contributed by atoms with Gasteiger partial charge in [-0.05, 0) is 80.4 Å². The van der Waals surface area contributed by atoms with E-state index >= 15 is 0 Å². The number of hydrogen-bond acceptors (Lipinski definition) is 5. The zero-order chi connectivity index (χ0) is 24.6. The lowest BCUT2D eigenvalue weighted by Crippen LogP contribution is -2.63. The maximum Gasteiger partial charge on any atom is 0.163 e. The van der Waals surface area contributed by atoms with Crippen molar-refractivity contribution in [2.75, 3.05) is 7.11 Å². The molecule has 1 aromatic rings. The summed E-state index contributed by atoms with van der Waals surface area (Å²) in [4.78, 5) is 13.5. The van der Waals surface area contributed by atoms with Crippen molar-refractivity contribution in [2.45, 2.75) is 103 Å². The largest absolute Gasteiger partial charge is 0.497 e. The number of ketones is 1. The number of carbonyl (C=O) groups is 1. The van der Waals surface area contributed by atoms with Crippen LogP contribution in [0, 0.1) is 34.5 Å². The molecule has 5 aliphatic rings. The summed E-state index contributed by atoms with van der Waals surface area (Å²) in [5.74, 6) is 2.23. The summed E-state index contributed by atoms with van der Waals surface area (Å²) < 4.78 is 25.3. The van der Waals surface area contributed by atoms with Gasteiger partial charge in [0.25, 0.3) is 0 Å². The zero-order valence-electron chi connectivity index (χ0n) is 22.0. The molecule has 0 amide bonds. The normalized spacial score (nSPS) is 45.9. The average Bonchev–Trinajstić information content (AvgIpc) is 3.29. The van der Waals surface area contributed by atoms with E-state index in [4.69, 9.17) is 18.9 Å². The van der Waals surface area contributed by atoms with E-state index in [9.17, 15) is 4.79 Å². The Hall–Kier alpha value is -1.43. The van der Waals surface area contributed by atoms with E-state index in [0.29, 0.717) is 36.6 Å². The molecule has 5 nitrogen and oxygen atoms in total. The SMILES string of the molecule is COc1ccc(CO[C@@H]2CC(=O)[C@@]3(C)CCC4C(C23)[C@H]2OC(C)(C)O[C@@H]2C2CCCC[C@]42C)cc1. The second-order valence-electron chi connectivity index (χ2n) is 12.9. The van der Waals surface area contributed by atoms with Crippen LogP contribution in [0.15, 0.2) is 24.3 Å². The predicted octanol–water partition coefficient (Wildman–Crippen LogP) is 5.93. The first-order valence-electron chi connectivity index (χ1n) is 13.8. The first-order valence-corrected chi connectivity index (χ1v) is 13.8. The van der Waals surface area contributed by atoms with Crippen molar-refractivity contribution < 1.29 is 23.7 Å². The molecule has 5 heteroatoms. The third-order valence-corrected chi connectivity index (χ3v) is 10.8. The highest BCUT2D eigenvalue weighted by Crippen LogP contribution is 2.68. The molecule has 0 spiro atoms. The summed E-state index contributed by atoms with van der Waals surface area (Å²) in [5, 5.41) is 0. The molecule has 1 heterocycles. The molecule has 192 valence electrons. The van der Waals surface area contributed by atoms with Crippen LogP contribution < -0.4 is 4.74 Å². The summed E-state index contributed by atoms with van der Waals surface area (Å²) in [6.07, 6.45) is 7.80. The van der Waals surface area contributed by atoms with E-state index in [1.807, 2.05) is 12.1 Å². The van der Waals surface area contributed by atoms with Gasteiger partial charge in [-0.2, -0.15) is 0 Å². The molecule has 1 saturated heterocycles. The minimum atomic E-state index is -0.571. The lowest BCUT2D eigenvalue weighted by molar-refractivity contribution is -0.193. The monoisotopic (exact) mass is 482 g/mol. The van der Waals surface area contributed by atoms with Crippen molar-refractivity contribution in [3.05, 3.63) is 29.8 Å². The van der Waals surface area contributed by atoms with E-state index in [2.05, 4.69) is 39.8 Å². The van der Waals surface area contributed by atoms with Crippen molar-refractivity contribution in [3.63, 3.8) is 0 Å². The highest BCUT2D eigenvalue weighted by atomic mass is 16.8. The van der Waals surface area contributed by atoms with Crippen molar-refractivity contribution in [2.24, 2.45) is 34.5 Å². The van der Waals surface area contributed by atoms with Gasteiger partial charge >= 0.3 is 0 Å². The Labute approximate surface area is 210 Å². The molecule has 1 aromatic carbocycles. The summed E-state index contributed by atoms with van der Waals surface area (Å²) in [6.45, 7) is 9.41. The minimum Gasteiger partial charge on any atom is -0.497 e. The van der Waals surface area contributed by atoms with E-state index in [1.54, 1.807) is 7.11 Å². The molecule has 4 saturated carbocycles. The average molecular weight is 483 g/mol. The van der Waals surface area contributed by atoms with Crippen LogP contribution in [-0.2, 0) is 25.6 Å². The quantitative estimate of drug-likeness (QED) is 0.532. The standard InChI is InChI=1S/C30H42O5/c1-28(2)34-26-21-8-6-7-14-29(21,3)20-13-15-30(4)23(31)16-22(25(30)24(20)27(26)35-28)33-17-18-9-11-19(32-5)12-10-18/h9-12,20-22,24-27H,6-8,13-17H2,1-5H3/t20?,21?,22-,24?,25?,26-,27-,29-,30-/m1/s1. The highest BCUT2D eigenvalue weighted by molar-refractivity contribution is 5.88. The van der Waals surface area contributed by atoms with Crippen LogP contribution in [0.3, 0.4) is 0 Å². The maximum absolute atomic E-state index is 13.5. The van der Waals surface area contributed by atoms with Crippen LogP contribution in [0.4, 0.5) is 0 Å². The lowest BCUT2D eigenvalue weighted by atomic mass is 9.44. The number of hydrogen-bond donors (Lipinski definition) is 0. The fourth-order valence-corrected chi connectivity index (χ4v) is 9.12. The third kappa shape index (κ3) is 3.63. The van der Waals surface area contributed by atoms with Gasteiger partial charge in [0.2, 0.25) is 0 Å². The third-order valence-electron chi connectivity index (χ3n) is 10.8. The molecule has 0 N–H and O–H groups in total. The minimum absolute atomic E-state index is 0.0498. The molecule has 9 atom stereocenters. The van der Waals surface area contributed by atoms with Crippen LogP contribution in [0.25, 0.3) is 0 Å². The number of carbonyl (C=O) groups excluding carboxylic acids is 1. The van der Waals surface area contributed by atoms with Crippen molar-refractivity contribution >= 4 is 5.78 Å². The van der Waals surface area contributed by atoms with E-state index in [0.717, 1.165) is 24.2 Å². The van der Waals surface area contributed by atoms with Gasteiger partial charge in [-0.25, -0.2) is 0 Å². The topological polar surface area (TPSA) is 54.0 Å². The van der Waals surface area contributed by atoms with Crippen LogP contribution in [-0.4, -0.2) is 37.0 Å². The molecule has 4 unspecified atom stereocenters. The maximum atomic E-state index is 13.5. The Kier molecular flexibility index (Phi) is 5.67. The zero-order valence-corrected chi connectivity index (χ0v) is 22.0. The molecule has 5 fully saturated rings. The van der Waals surface area contributed by atoms with Crippen LogP contribution in [0.5, 0.6) is 5.75 Å². The number of benzene rings is 1. The first kappa shape index (κ1) is 23.9. The fraction of sp³-hybridized carbons (Fsp3) is 0.767. The van der Waals surface area contributed by atoms with Crippen LogP contribution >= 0.6 is 0 Å². The van der Waals surface area contributed by atoms with Crippen LogP contribution in [0.1, 0.15) is 78.2 Å². The van der Waals surface area contributed by atoms with Gasteiger partial charge in [0, 0.05) is 17.8 Å². The number of ether oxygens (including phenoxy) is 4. The van der Waals surface area contributed by atoms with Gasteiger partial charge < -0.3 is 18.9 Å². The van der Waals surface area contributed by atoms with Crippen LogP contribution in [0.2, 0.25) is 0 Å². The predicted molar refractivity (Wildman–Crippen MR) is 133 cm³/mol. The lowest BCUT2D eigenvalue weighted by Gasteiger charge is -2.62. The summed E-state index contributed by atoms with van der Waals surface area (Å²) in [5.41, 5.74) is 1.03. The first-order chi connectivity index (χ1) is 16.7.